The molecule has 0 aliphatic carbocycles. The predicted molar refractivity (Wildman–Crippen MR) is 312 cm³/mol. The zero-order valence-corrected chi connectivity index (χ0v) is 49.5. The smallest absolute Gasteiger partial charge is 0.306 e. The predicted octanol–water partition coefficient (Wildman–Crippen LogP) is 7.75. The average molecular weight is 1220 g/mol. The minimum absolute atomic E-state index is 0.00119. The number of rotatable bonds is 13. The highest BCUT2D eigenvalue weighted by Crippen LogP contribution is 2.40. The van der Waals surface area contributed by atoms with Crippen LogP contribution in [0, 0.1) is 18.8 Å². The summed E-state index contributed by atoms with van der Waals surface area (Å²) in [6.07, 6.45) is -1.39. The third kappa shape index (κ3) is 13.6. The fraction of sp³-hybridized carbons (Fsp3) is 0.321. The number of aryl methyl sites for hydroxylation is 1. The highest BCUT2D eigenvalue weighted by molar-refractivity contribution is 7.15. The number of pyridine rings is 1. The number of aromatic nitrogens is 7. The number of fused-ring (bicyclic) bond motifs is 14. The van der Waals surface area contributed by atoms with Gasteiger partial charge in [0, 0.05) is 52.5 Å². The molecule has 5 atom stereocenters. The standard InChI is InChI=1S/C53H53N13O10S6/c1-23(2)38-52-66-41(33(82-52)18-76-6)45(72)55-17-37(69)63-42(43(70)26-10-8-7-9-11-26)51-60-32(21-79-51)49-58-30(19-78-49)40-27(13-14-28(56-40)48-62-34(22-80-48)61-35(67)15-12-24(3)53(74)75)47-59-31(20-77-47)44(71)57-29(16-36(68)54-5)50-65-39(25(4)81-50)46(73)64-38/h7-11,13-14,19-24,29,38,42-43,70H,12,15-18H2,1-6H3,(H,54,68)(H,55,72)(H,57,71)(H,61,67)(H,63,69)(H,64,73)(H,74,75)/t24-,29+,38+,42+,43+/m1/s1. The molecule has 23 nitrogen and oxygen atoms in total. The van der Waals surface area contributed by atoms with Crippen LogP contribution in [0.5, 0.6) is 0 Å². The SMILES string of the molecule is CNC(=O)C[C@@H]1NC(=O)c2csc(n2)-c2ccc(-c3nc(NC(=O)CC[C@@H](C)C(=O)O)cs3)nc2-c2csc(n2)-c2csc(n2)[C@H]([C@@H](O)c2ccccc2)NC(=O)CNC(=O)c2nc(sc2COC)[C@H](C(C)C)NC(=O)c2nc1sc2C. The summed E-state index contributed by atoms with van der Waals surface area (Å²) in [6.45, 7) is 6.47. The molecular weight excluding hydrogens is 1170 g/mol. The van der Waals surface area contributed by atoms with Crippen LogP contribution in [-0.2, 0) is 30.5 Å². The molecule has 0 radical (unpaired) electrons. The lowest BCUT2D eigenvalue weighted by molar-refractivity contribution is -0.141. The highest BCUT2D eigenvalue weighted by atomic mass is 32.1. The third-order valence-electron chi connectivity index (χ3n) is 12.7. The largest absolute Gasteiger partial charge is 0.481 e. The number of aliphatic carboxylic acids is 1. The molecular formula is C53H53N13O10S6. The van der Waals surface area contributed by atoms with Crippen LogP contribution in [0.4, 0.5) is 5.82 Å². The molecule has 7 aromatic heterocycles. The molecule has 29 heteroatoms. The first kappa shape index (κ1) is 59.0. The van der Waals surface area contributed by atoms with Crippen molar-refractivity contribution < 1.29 is 48.5 Å². The molecule has 1 aromatic carbocycles. The Hall–Kier alpha value is -7.64. The number of nitrogens with one attached hydrogen (secondary N) is 6. The van der Waals surface area contributed by atoms with Gasteiger partial charge in [-0.15, -0.1) is 68.0 Å². The van der Waals surface area contributed by atoms with Crippen molar-refractivity contribution in [2.24, 2.45) is 11.8 Å². The van der Waals surface area contributed by atoms with Gasteiger partial charge in [0.2, 0.25) is 17.7 Å². The number of benzene rings is 1. The summed E-state index contributed by atoms with van der Waals surface area (Å²) in [6, 6.07) is 9.42. The molecule has 0 saturated carbocycles. The van der Waals surface area contributed by atoms with Crippen molar-refractivity contribution in [3.63, 3.8) is 0 Å². The van der Waals surface area contributed by atoms with Crippen molar-refractivity contribution in [2.75, 3.05) is 26.0 Å². The molecule has 1 aliphatic rings. The number of ether oxygens (including phenoxy) is 1. The Kier molecular flexibility index (Phi) is 18.8. The monoisotopic (exact) mass is 1220 g/mol. The molecule has 0 fully saturated rings. The van der Waals surface area contributed by atoms with Gasteiger partial charge in [-0.25, -0.2) is 34.9 Å². The number of aliphatic hydroxyl groups is 1. The summed E-state index contributed by atoms with van der Waals surface area (Å²) in [5.41, 5.74) is 2.62. The fourth-order valence-electron chi connectivity index (χ4n) is 8.32. The normalized spacial score (nSPS) is 16.8. The van der Waals surface area contributed by atoms with Crippen LogP contribution in [0.3, 0.4) is 0 Å². The quantitative estimate of drug-likeness (QED) is 0.0547. The Labute approximate surface area is 492 Å². The number of carbonyl (C=O) groups excluding carboxylic acids is 6. The van der Waals surface area contributed by atoms with Crippen molar-refractivity contribution in [2.45, 2.75) is 77.8 Å². The molecule has 10 bridgehead atoms. The van der Waals surface area contributed by atoms with Gasteiger partial charge < -0.3 is 46.9 Å². The van der Waals surface area contributed by atoms with Gasteiger partial charge in [0.05, 0.1) is 48.1 Å². The number of hydrogen-bond donors (Lipinski definition) is 8. The van der Waals surface area contributed by atoms with Crippen molar-refractivity contribution >= 4 is 115 Å². The summed E-state index contributed by atoms with van der Waals surface area (Å²) >= 11 is 7.12. The molecule has 426 valence electrons. The van der Waals surface area contributed by atoms with Gasteiger partial charge in [-0.3, -0.25) is 33.6 Å². The van der Waals surface area contributed by atoms with E-state index in [1.165, 1.54) is 66.4 Å². The first-order valence-electron chi connectivity index (χ1n) is 25.3. The minimum Gasteiger partial charge on any atom is -0.481 e. The summed E-state index contributed by atoms with van der Waals surface area (Å²) in [7, 11) is 2.93. The van der Waals surface area contributed by atoms with Gasteiger partial charge in [0.25, 0.3) is 17.7 Å². The fourth-order valence-corrected chi connectivity index (χ4v) is 13.8. The highest BCUT2D eigenvalue weighted by Gasteiger charge is 2.33. The maximum absolute atomic E-state index is 14.3. The van der Waals surface area contributed by atoms with Crippen molar-refractivity contribution in [1.29, 1.82) is 0 Å². The first-order valence-corrected chi connectivity index (χ1v) is 30.5. The Morgan fingerprint density at radius 2 is 1.40 bits per heavy atom. The van der Waals surface area contributed by atoms with Gasteiger partial charge in [0.1, 0.15) is 82.2 Å². The average Bonchev–Trinajstić information content (AvgIpc) is 4.36. The lowest BCUT2D eigenvalue weighted by Crippen LogP contribution is -2.40. The van der Waals surface area contributed by atoms with E-state index < -0.39 is 78.1 Å². The van der Waals surface area contributed by atoms with Crippen LogP contribution >= 0.6 is 68.0 Å². The lowest BCUT2D eigenvalue weighted by Gasteiger charge is -2.23. The van der Waals surface area contributed by atoms with Gasteiger partial charge in [-0.2, -0.15) is 0 Å². The second-order valence-corrected chi connectivity index (χ2v) is 24.8. The Morgan fingerprint density at radius 3 is 2.15 bits per heavy atom. The van der Waals surface area contributed by atoms with Gasteiger partial charge in [0.15, 0.2) is 0 Å². The van der Waals surface area contributed by atoms with E-state index in [0.717, 1.165) is 22.7 Å². The van der Waals surface area contributed by atoms with Gasteiger partial charge >= 0.3 is 5.97 Å². The number of carboxylic acid groups (broad SMARTS) is 1. The maximum atomic E-state index is 14.3. The van der Waals surface area contributed by atoms with E-state index in [0.29, 0.717) is 68.7 Å². The van der Waals surface area contributed by atoms with Crippen LogP contribution in [0.25, 0.3) is 43.4 Å². The zero-order valence-electron chi connectivity index (χ0n) is 44.6. The van der Waals surface area contributed by atoms with Crippen LogP contribution in [-0.4, -0.2) is 107 Å². The van der Waals surface area contributed by atoms with Crippen LogP contribution in [0.1, 0.15) is 126 Å². The molecule has 8 heterocycles. The molecule has 0 spiro atoms. The molecule has 8 aromatic rings. The van der Waals surface area contributed by atoms with Crippen molar-refractivity contribution in [1.82, 2.24) is 61.5 Å². The summed E-state index contributed by atoms with van der Waals surface area (Å²) in [4.78, 5) is 128. The molecule has 6 amide bonds. The topological polar surface area (TPSA) is 332 Å². The Bertz CT molecular complexity index is 3680. The summed E-state index contributed by atoms with van der Waals surface area (Å²) in [5, 5.41) is 47.0. The molecule has 0 unspecified atom stereocenters. The zero-order chi connectivity index (χ0) is 58.4. The van der Waals surface area contributed by atoms with Gasteiger partial charge in [-0.1, -0.05) is 51.1 Å². The second kappa shape index (κ2) is 26.1. The molecule has 82 heavy (non-hydrogen) atoms. The number of amides is 6. The number of thiazole rings is 6. The first-order chi connectivity index (χ1) is 39.4. The summed E-state index contributed by atoms with van der Waals surface area (Å²) < 4.78 is 5.44. The maximum Gasteiger partial charge on any atom is 0.306 e. The molecule has 9 rings (SSSR count). The van der Waals surface area contributed by atoms with Crippen LogP contribution in [0.15, 0.2) is 64.0 Å². The summed E-state index contributed by atoms with van der Waals surface area (Å²) in [5.74, 6) is -5.01. The van der Waals surface area contributed by atoms with E-state index >= 15 is 0 Å². The van der Waals surface area contributed by atoms with E-state index in [1.807, 2.05) is 13.8 Å². The van der Waals surface area contributed by atoms with Crippen molar-refractivity contribution in [3.8, 4) is 43.4 Å². The number of aliphatic hydroxyl groups excluding tert-OH is 1. The molecule has 8 N–H and O–H groups in total. The second-order valence-electron chi connectivity index (χ2n) is 19.0. The lowest BCUT2D eigenvalue weighted by atomic mass is 10.0. The van der Waals surface area contributed by atoms with E-state index in [-0.39, 0.29) is 59.7 Å². The van der Waals surface area contributed by atoms with Crippen molar-refractivity contribution in [3.05, 3.63) is 111 Å². The van der Waals surface area contributed by atoms with E-state index in [4.69, 9.17) is 24.7 Å². The molecule has 1 aliphatic heterocycles. The van der Waals surface area contributed by atoms with E-state index in [1.54, 1.807) is 70.9 Å². The molecule has 0 saturated heterocycles. The number of nitrogens with zero attached hydrogens (tertiary/aromatic N) is 7. The Morgan fingerprint density at radius 1 is 0.695 bits per heavy atom. The van der Waals surface area contributed by atoms with E-state index in [9.17, 15) is 43.8 Å². The van der Waals surface area contributed by atoms with Crippen LogP contribution in [0.2, 0.25) is 0 Å². The Balaban J connectivity index is 1.11. The van der Waals surface area contributed by atoms with Gasteiger partial charge in [-0.05, 0) is 37.0 Å². The van der Waals surface area contributed by atoms with E-state index in [2.05, 4.69) is 46.9 Å². The minimum atomic E-state index is -1.28. The third-order valence-corrected chi connectivity index (χ3v) is 18.5. The number of carbonyl (C=O) groups is 7. The number of carboxylic acids is 1. The van der Waals surface area contributed by atoms with Crippen LogP contribution < -0.4 is 31.9 Å². The number of methoxy groups -OCH3 is 1. The number of hydrogen-bond acceptors (Lipinski definition) is 22. The number of anilines is 1.